The number of ether oxygens (including phenoxy) is 2. The van der Waals surface area contributed by atoms with Crippen LogP contribution in [-0.4, -0.2) is 23.9 Å². The molecule has 0 amide bonds. The summed E-state index contributed by atoms with van der Waals surface area (Å²) >= 11 is 1.19. The predicted octanol–water partition coefficient (Wildman–Crippen LogP) is 1.06. The zero-order valence-electron chi connectivity index (χ0n) is 7.85. The molecular weight excluding hydrogens is 202 g/mol. The molecular formula is C9H13NO3S. The van der Waals surface area contributed by atoms with E-state index in [-0.39, 0.29) is 11.0 Å². The summed E-state index contributed by atoms with van der Waals surface area (Å²) in [6.45, 7) is 1.90. The minimum Gasteiger partial charge on any atom is -0.381 e. The van der Waals surface area contributed by atoms with Crippen molar-refractivity contribution in [3.63, 3.8) is 0 Å². The van der Waals surface area contributed by atoms with Crippen LogP contribution < -0.4 is 4.87 Å². The summed E-state index contributed by atoms with van der Waals surface area (Å²) in [7, 11) is 0. The van der Waals surface area contributed by atoms with E-state index in [9.17, 15) is 4.79 Å². The van der Waals surface area contributed by atoms with Gasteiger partial charge in [0.2, 0.25) is 0 Å². The van der Waals surface area contributed by atoms with Gasteiger partial charge in [-0.2, -0.15) is 0 Å². The maximum absolute atomic E-state index is 11.2. The fourth-order valence-electron chi connectivity index (χ4n) is 1.41. The van der Waals surface area contributed by atoms with Gasteiger partial charge < -0.3 is 9.47 Å². The molecule has 0 saturated carbocycles. The highest BCUT2D eigenvalue weighted by atomic mass is 32.1. The van der Waals surface area contributed by atoms with Gasteiger partial charge in [0.25, 0.3) is 0 Å². The average molecular weight is 215 g/mol. The quantitative estimate of drug-likeness (QED) is 0.757. The second-order valence-corrected chi connectivity index (χ2v) is 4.10. The summed E-state index contributed by atoms with van der Waals surface area (Å²) in [4.78, 5) is 11.2. The molecule has 1 fully saturated rings. The second kappa shape index (κ2) is 4.72. The van der Waals surface area contributed by atoms with Gasteiger partial charge in [0.1, 0.15) is 6.73 Å². The molecule has 0 atom stereocenters. The third-order valence-electron chi connectivity index (χ3n) is 2.26. The number of rotatable bonds is 3. The van der Waals surface area contributed by atoms with Crippen LogP contribution in [0.3, 0.4) is 0 Å². The Kier molecular flexibility index (Phi) is 3.34. The van der Waals surface area contributed by atoms with E-state index < -0.39 is 0 Å². The molecule has 0 unspecified atom stereocenters. The van der Waals surface area contributed by atoms with E-state index in [0.717, 1.165) is 26.1 Å². The molecule has 0 N–H and O–H groups in total. The maximum Gasteiger partial charge on any atom is 0.308 e. The van der Waals surface area contributed by atoms with Crippen LogP contribution in [0.5, 0.6) is 0 Å². The highest BCUT2D eigenvalue weighted by Gasteiger charge is 2.14. The zero-order chi connectivity index (χ0) is 9.80. The first-order chi connectivity index (χ1) is 6.86. The zero-order valence-corrected chi connectivity index (χ0v) is 8.66. The molecule has 2 heterocycles. The van der Waals surface area contributed by atoms with E-state index in [2.05, 4.69) is 0 Å². The summed E-state index contributed by atoms with van der Waals surface area (Å²) in [5.41, 5.74) is 0. The lowest BCUT2D eigenvalue weighted by Gasteiger charge is -2.22. The first-order valence-electron chi connectivity index (χ1n) is 4.69. The Hall–Kier alpha value is -0.650. The molecule has 0 spiro atoms. The molecule has 1 aromatic heterocycles. The molecule has 5 heteroatoms. The summed E-state index contributed by atoms with van der Waals surface area (Å²) in [5, 5.41) is 1.77. The highest BCUT2D eigenvalue weighted by molar-refractivity contribution is 7.07. The van der Waals surface area contributed by atoms with Crippen molar-refractivity contribution in [3.8, 4) is 0 Å². The van der Waals surface area contributed by atoms with Gasteiger partial charge in [-0.05, 0) is 12.8 Å². The van der Waals surface area contributed by atoms with Crippen molar-refractivity contribution in [2.24, 2.45) is 0 Å². The Morgan fingerprint density at radius 3 is 3.00 bits per heavy atom. The molecule has 0 radical (unpaired) electrons. The second-order valence-electron chi connectivity index (χ2n) is 3.25. The molecule has 0 bridgehead atoms. The topological polar surface area (TPSA) is 40.5 Å². The number of thiazole rings is 1. The number of hydrogen-bond donors (Lipinski definition) is 0. The van der Waals surface area contributed by atoms with Gasteiger partial charge in [0, 0.05) is 24.8 Å². The van der Waals surface area contributed by atoms with Gasteiger partial charge in [-0.1, -0.05) is 11.3 Å². The van der Waals surface area contributed by atoms with Crippen LogP contribution in [0, 0.1) is 0 Å². The minimum absolute atomic E-state index is 0.0389. The van der Waals surface area contributed by atoms with Crippen molar-refractivity contribution in [1.82, 2.24) is 4.57 Å². The van der Waals surface area contributed by atoms with Crippen LogP contribution in [0.2, 0.25) is 0 Å². The van der Waals surface area contributed by atoms with E-state index >= 15 is 0 Å². The SMILES string of the molecule is O=c1sccn1COC1CCOCC1. The Morgan fingerprint density at radius 1 is 1.57 bits per heavy atom. The van der Waals surface area contributed by atoms with Crippen LogP contribution in [-0.2, 0) is 16.2 Å². The number of aromatic nitrogens is 1. The minimum atomic E-state index is 0.0389. The third-order valence-corrected chi connectivity index (χ3v) is 2.96. The Bertz CT molecular complexity index is 327. The van der Waals surface area contributed by atoms with Gasteiger partial charge in [0.05, 0.1) is 6.10 Å². The Balaban J connectivity index is 1.82. The highest BCUT2D eigenvalue weighted by Crippen LogP contribution is 2.10. The average Bonchev–Trinajstić information content (AvgIpc) is 2.63. The molecule has 0 aromatic carbocycles. The molecule has 14 heavy (non-hydrogen) atoms. The lowest BCUT2D eigenvalue weighted by atomic mass is 10.2. The molecule has 1 aliphatic heterocycles. The smallest absolute Gasteiger partial charge is 0.308 e. The Labute approximate surface area is 86.1 Å². The monoisotopic (exact) mass is 215 g/mol. The Morgan fingerprint density at radius 2 is 2.36 bits per heavy atom. The van der Waals surface area contributed by atoms with Crippen molar-refractivity contribution >= 4 is 11.3 Å². The summed E-state index contributed by atoms with van der Waals surface area (Å²) in [6, 6.07) is 0. The van der Waals surface area contributed by atoms with E-state index in [1.54, 1.807) is 16.1 Å². The van der Waals surface area contributed by atoms with E-state index in [1.165, 1.54) is 11.3 Å². The molecule has 1 aliphatic rings. The molecule has 4 nitrogen and oxygen atoms in total. The molecule has 2 rings (SSSR count). The van der Waals surface area contributed by atoms with Gasteiger partial charge >= 0.3 is 4.87 Å². The standard InChI is InChI=1S/C9H13NO3S/c11-9-10(3-6-14-9)7-13-8-1-4-12-5-2-8/h3,6,8H,1-2,4-5,7H2. The normalized spacial score (nSPS) is 18.6. The first-order valence-corrected chi connectivity index (χ1v) is 5.57. The van der Waals surface area contributed by atoms with Crippen molar-refractivity contribution in [3.05, 3.63) is 21.2 Å². The van der Waals surface area contributed by atoms with Crippen LogP contribution in [0.25, 0.3) is 0 Å². The summed E-state index contributed by atoms with van der Waals surface area (Å²) in [5.74, 6) is 0. The van der Waals surface area contributed by atoms with Gasteiger partial charge in [0.15, 0.2) is 0 Å². The van der Waals surface area contributed by atoms with Gasteiger partial charge in [-0.25, -0.2) is 0 Å². The van der Waals surface area contributed by atoms with Crippen molar-refractivity contribution in [2.45, 2.75) is 25.7 Å². The fourth-order valence-corrected chi connectivity index (χ4v) is 1.99. The number of nitrogens with zero attached hydrogens (tertiary/aromatic N) is 1. The van der Waals surface area contributed by atoms with Crippen LogP contribution >= 0.6 is 11.3 Å². The maximum atomic E-state index is 11.2. The summed E-state index contributed by atoms with van der Waals surface area (Å²) in [6.07, 6.45) is 3.86. The van der Waals surface area contributed by atoms with Gasteiger partial charge in [-0.3, -0.25) is 9.36 Å². The number of hydrogen-bond acceptors (Lipinski definition) is 4. The van der Waals surface area contributed by atoms with Crippen molar-refractivity contribution in [1.29, 1.82) is 0 Å². The molecule has 78 valence electrons. The molecule has 0 aliphatic carbocycles. The van der Waals surface area contributed by atoms with Crippen LogP contribution in [0.15, 0.2) is 16.4 Å². The fraction of sp³-hybridized carbons (Fsp3) is 0.667. The molecule has 1 saturated heterocycles. The summed E-state index contributed by atoms with van der Waals surface area (Å²) < 4.78 is 12.4. The predicted molar refractivity (Wildman–Crippen MR) is 53.5 cm³/mol. The van der Waals surface area contributed by atoms with Crippen LogP contribution in [0.1, 0.15) is 12.8 Å². The first kappa shape index (κ1) is 9.89. The van der Waals surface area contributed by atoms with Crippen molar-refractivity contribution in [2.75, 3.05) is 13.2 Å². The third kappa shape index (κ3) is 2.43. The van der Waals surface area contributed by atoms with Gasteiger partial charge in [-0.15, -0.1) is 0 Å². The van der Waals surface area contributed by atoms with E-state index in [1.807, 2.05) is 0 Å². The largest absolute Gasteiger partial charge is 0.381 e. The molecule has 1 aromatic rings. The van der Waals surface area contributed by atoms with E-state index in [0.29, 0.717) is 6.73 Å². The van der Waals surface area contributed by atoms with E-state index in [4.69, 9.17) is 9.47 Å². The lowest BCUT2D eigenvalue weighted by molar-refractivity contribution is -0.0573. The lowest BCUT2D eigenvalue weighted by Crippen LogP contribution is -2.26. The van der Waals surface area contributed by atoms with Crippen LogP contribution in [0.4, 0.5) is 0 Å². The van der Waals surface area contributed by atoms with Crippen molar-refractivity contribution < 1.29 is 9.47 Å².